The van der Waals surface area contributed by atoms with E-state index in [4.69, 9.17) is 0 Å². The highest BCUT2D eigenvalue weighted by molar-refractivity contribution is 7.12. The highest BCUT2D eigenvalue weighted by Crippen LogP contribution is 2.33. The Bertz CT molecular complexity index is 998. The summed E-state index contributed by atoms with van der Waals surface area (Å²) in [6.45, 7) is 2.56. The topological polar surface area (TPSA) is 44.9 Å². The zero-order valence-corrected chi connectivity index (χ0v) is 15.4. The molecular weight excluding hydrogens is 348 g/mol. The van der Waals surface area contributed by atoms with Crippen molar-refractivity contribution in [2.24, 2.45) is 0 Å². The molecule has 0 aliphatic rings. The lowest BCUT2D eigenvalue weighted by atomic mass is 9.96. The van der Waals surface area contributed by atoms with E-state index in [0.717, 1.165) is 16.0 Å². The minimum absolute atomic E-state index is 0.00824. The van der Waals surface area contributed by atoms with Crippen LogP contribution in [0.2, 0.25) is 0 Å². The van der Waals surface area contributed by atoms with Gasteiger partial charge < -0.3 is 10.3 Å². The molecule has 0 saturated carbocycles. The van der Waals surface area contributed by atoms with Crippen LogP contribution in [0.5, 0.6) is 0 Å². The fourth-order valence-electron chi connectivity index (χ4n) is 3.12. The van der Waals surface area contributed by atoms with E-state index in [1.54, 1.807) is 11.3 Å². The van der Waals surface area contributed by atoms with E-state index in [0.29, 0.717) is 6.54 Å². The van der Waals surface area contributed by atoms with E-state index in [1.165, 1.54) is 27.2 Å². The van der Waals surface area contributed by atoms with Crippen LogP contribution in [0.3, 0.4) is 0 Å². The summed E-state index contributed by atoms with van der Waals surface area (Å²) in [6.07, 6.45) is 2.07. The van der Waals surface area contributed by atoms with Crippen molar-refractivity contribution in [3.63, 3.8) is 0 Å². The smallest absolute Gasteiger partial charge is 0.261 e. The maximum Gasteiger partial charge on any atom is 0.261 e. The molecule has 0 fully saturated rings. The average molecular weight is 367 g/mol. The van der Waals surface area contributed by atoms with Gasteiger partial charge in [0.15, 0.2) is 0 Å². The number of fused-ring (bicyclic) bond motifs is 1. The largest absolute Gasteiger partial charge is 0.361 e. The number of para-hydroxylation sites is 1. The molecule has 0 aliphatic heterocycles. The molecule has 0 bridgehead atoms. The number of thiophene rings is 2. The second-order valence-corrected chi connectivity index (χ2v) is 7.90. The van der Waals surface area contributed by atoms with Crippen molar-refractivity contribution in [3.8, 4) is 0 Å². The predicted molar refractivity (Wildman–Crippen MR) is 106 cm³/mol. The zero-order chi connectivity index (χ0) is 17.2. The molecule has 3 aromatic heterocycles. The third-order valence-corrected chi connectivity index (χ3v) is 6.42. The first kappa shape index (κ1) is 16.1. The minimum Gasteiger partial charge on any atom is -0.361 e. The van der Waals surface area contributed by atoms with Crippen LogP contribution >= 0.6 is 22.7 Å². The first-order valence-electron chi connectivity index (χ1n) is 8.15. The third kappa shape index (κ3) is 3.13. The molecule has 25 heavy (non-hydrogen) atoms. The number of hydrogen-bond acceptors (Lipinski definition) is 3. The number of H-pyrrole nitrogens is 1. The number of amides is 1. The maximum atomic E-state index is 12.5. The molecule has 1 atom stereocenters. The molecular formula is C20H18N2OS2. The van der Waals surface area contributed by atoms with E-state index in [1.807, 2.05) is 24.4 Å². The molecule has 126 valence electrons. The summed E-state index contributed by atoms with van der Waals surface area (Å²) < 4.78 is 0. The van der Waals surface area contributed by atoms with Gasteiger partial charge in [-0.1, -0.05) is 24.3 Å². The summed E-state index contributed by atoms with van der Waals surface area (Å²) in [5, 5.41) is 8.39. The summed E-state index contributed by atoms with van der Waals surface area (Å²) in [4.78, 5) is 17.9. The van der Waals surface area contributed by atoms with Crippen LogP contribution in [0.1, 0.15) is 31.6 Å². The zero-order valence-electron chi connectivity index (χ0n) is 13.8. The van der Waals surface area contributed by atoms with Crippen molar-refractivity contribution in [1.82, 2.24) is 10.3 Å². The third-order valence-electron chi connectivity index (χ3n) is 4.42. The van der Waals surface area contributed by atoms with Crippen LogP contribution < -0.4 is 5.32 Å². The number of aromatic amines is 1. The Morgan fingerprint density at radius 3 is 2.76 bits per heavy atom. The molecule has 1 amide bonds. The second-order valence-electron chi connectivity index (χ2n) is 6.00. The van der Waals surface area contributed by atoms with Gasteiger partial charge in [-0.25, -0.2) is 0 Å². The predicted octanol–water partition coefficient (Wildman–Crippen LogP) is 5.16. The number of carbonyl (C=O) groups is 1. The molecule has 0 aliphatic carbocycles. The van der Waals surface area contributed by atoms with Gasteiger partial charge in [0.1, 0.15) is 0 Å². The van der Waals surface area contributed by atoms with Crippen molar-refractivity contribution >= 4 is 39.5 Å². The van der Waals surface area contributed by atoms with Crippen molar-refractivity contribution in [1.29, 1.82) is 0 Å². The standard InChI is InChI=1S/C20H18N2OS2/c1-13-8-10-25-19(13)20(23)22-12-16(18-7-4-9-24-18)15-11-21-17-6-3-2-5-14(15)17/h2-11,16,21H,12H2,1H3,(H,22,23)/t16-/m1/s1. The second kappa shape index (κ2) is 6.86. The van der Waals surface area contributed by atoms with Gasteiger partial charge in [-0.2, -0.15) is 0 Å². The van der Waals surface area contributed by atoms with Gasteiger partial charge in [-0.05, 0) is 47.0 Å². The monoisotopic (exact) mass is 366 g/mol. The minimum atomic E-state index is 0.00824. The number of benzene rings is 1. The lowest BCUT2D eigenvalue weighted by Crippen LogP contribution is -2.28. The van der Waals surface area contributed by atoms with Crippen LogP contribution in [0.25, 0.3) is 10.9 Å². The molecule has 0 radical (unpaired) electrons. The van der Waals surface area contributed by atoms with E-state index in [2.05, 4.69) is 52.2 Å². The Morgan fingerprint density at radius 2 is 2.00 bits per heavy atom. The van der Waals surface area contributed by atoms with Crippen LogP contribution in [-0.2, 0) is 0 Å². The fourth-order valence-corrected chi connectivity index (χ4v) is 4.80. The Hall–Kier alpha value is -2.37. The number of carbonyl (C=O) groups excluding carboxylic acids is 1. The van der Waals surface area contributed by atoms with Gasteiger partial charge in [0, 0.05) is 34.4 Å². The Balaban J connectivity index is 1.64. The molecule has 4 aromatic rings. The van der Waals surface area contributed by atoms with E-state index >= 15 is 0 Å². The van der Waals surface area contributed by atoms with Gasteiger partial charge >= 0.3 is 0 Å². The molecule has 0 saturated heterocycles. The Morgan fingerprint density at radius 1 is 1.12 bits per heavy atom. The lowest BCUT2D eigenvalue weighted by Gasteiger charge is -2.16. The summed E-state index contributed by atoms with van der Waals surface area (Å²) in [7, 11) is 0. The summed E-state index contributed by atoms with van der Waals surface area (Å²) >= 11 is 3.22. The fraction of sp³-hybridized carbons (Fsp3) is 0.150. The first-order valence-corrected chi connectivity index (χ1v) is 9.91. The van der Waals surface area contributed by atoms with Crippen molar-refractivity contribution in [2.45, 2.75) is 12.8 Å². The SMILES string of the molecule is Cc1ccsc1C(=O)NC[C@@H](c1cccs1)c1c[nH]c2ccccc12. The highest BCUT2D eigenvalue weighted by atomic mass is 32.1. The molecule has 5 heteroatoms. The molecule has 3 nitrogen and oxygen atoms in total. The van der Waals surface area contributed by atoms with Crippen molar-refractivity contribution in [2.75, 3.05) is 6.54 Å². The summed E-state index contributed by atoms with van der Waals surface area (Å²) in [5.74, 6) is 0.147. The van der Waals surface area contributed by atoms with Gasteiger partial charge in [-0.15, -0.1) is 22.7 Å². The van der Waals surface area contributed by atoms with Gasteiger partial charge in [0.25, 0.3) is 5.91 Å². The van der Waals surface area contributed by atoms with Crippen molar-refractivity contribution < 1.29 is 4.79 Å². The van der Waals surface area contributed by atoms with Gasteiger partial charge in [0.05, 0.1) is 4.88 Å². The number of aryl methyl sites for hydroxylation is 1. The highest BCUT2D eigenvalue weighted by Gasteiger charge is 2.21. The van der Waals surface area contributed by atoms with Crippen LogP contribution in [0, 0.1) is 6.92 Å². The molecule has 4 rings (SSSR count). The number of rotatable bonds is 5. The average Bonchev–Trinajstić information content (AvgIpc) is 3.36. The number of aromatic nitrogens is 1. The lowest BCUT2D eigenvalue weighted by molar-refractivity contribution is 0.0956. The molecule has 3 heterocycles. The van der Waals surface area contributed by atoms with Crippen LogP contribution in [-0.4, -0.2) is 17.4 Å². The number of hydrogen-bond donors (Lipinski definition) is 2. The molecule has 1 aromatic carbocycles. The normalized spacial score (nSPS) is 12.4. The Kier molecular flexibility index (Phi) is 4.42. The van der Waals surface area contributed by atoms with Crippen molar-refractivity contribution in [3.05, 3.63) is 80.3 Å². The van der Waals surface area contributed by atoms with Crippen LogP contribution in [0.15, 0.2) is 59.4 Å². The van der Waals surface area contributed by atoms with Gasteiger partial charge in [-0.3, -0.25) is 4.79 Å². The first-order chi connectivity index (χ1) is 12.2. The molecule has 0 spiro atoms. The summed E-state index contributed by atoms with van der Waals surface area (Å²) in [5.41, 5.74) is 3.38. The van der Waals surface area contributed by atoms with E-state index in [9.17, 15) is 4.79 Å². The molecule has 0 unspecified atom stereocenters. The van der Waals surface area contributed by atoms with Gasteiger partial charge in [0.2, 0.25) is 0 Å². The number of nitrogens with one attached hydrogen (secondary N) is 2. The maximum absolute atomic E-state index is 12.5. The summed E-state index contributed by atoms with van der Waals surface area (Å²) in [6, 6.07) is 14.5. The van der Waals surface area contributed by atoms with E-state index < -0.39 is 0 Å². The van der Waals surface area contributed by atoms with Crippen LogP contribution in [0.4, 0.5) is 0 Å². The quantitative estimate of drug-likeness (QED) is 0.503. The molecule has 2 N–H and O–H groups in total. The van der Waals surface area contributed by atoms with E-state index in [-0.39, 0.29) is 11.8 Å². The Labute approximate surface area is 154 Å².